The van der Waals surface area contributed by atoms with E-state index < -0.39 is 0 Å². The molecule has 3 saturated carbocycles. The van der Waals surface area contributed by atoms with E-state index in [0.717, 1.165) is 18.9 Å². The van der Waals surface area contributed by atoms with Crippen LogP contribution in [0.4, 0.5) is 0 Å². The van der Waals surface area contributed by atoms with Crippen molar-refractivity contribution < 1.29 is 9.84 Å². The second-order valence-electron chi connectivity index (χ2n) is 7.56. The Morgan fingerprint density at radius 3 is 2.72 bits per heavy atom. The molecule has 6 atom stereocenters. The highest BCUT2D eigenvalue weighted by molar-refractivity contribution is 5.23. The molecule has 2 saturated heterocycles. The predicted molar refractivity (Wildman–Crippen MR) is 69.2 cm³/mol. The third-order valence-electron chi connectivity index (χ3n) is 6.48. The first-order valence-electron chi connectivity index (χ1n) is 7.65. The topological polar surface area (TPSA) is 44.8 Å². The SMILES string of the molecule is CC1(C)[C@@H]2C[C@H]1[C@H](O)[C@@]1(C2)O[C@@H]1[C@H]1CCCCN1. The van der Waals surface area contributed by atoms with Crippen molar-refractivity contribution in [1.29, 1.82) is 0 Å². The average Bonchev–Trinajstić information content (AvgIpc) is 3.08. The fraction of sp³-hybridized carbons (Fsp3) is 1.00. The summed E-state index contributed by atoms with van der Waals surface area (Å²) in [5.41, 5.74) is 0.166. The molecule has 2 aliphatic heterocycles. The molecule has 18 heavy (non-hydrogen) atoms. The zero-order valence-corrected chi connectivity index (χ0v) is 11.5. The smallest absolute Gasteiger partial charge is 0.123 e. The first kappa shape index (κ1) is 11.7. The van der Waals surface area contributed by atoms with Gasteiger partial charge in [0.25, 0.3) is 0 Å². The van der Waals surface area contributed by atoms with Crippen LogP contribution in [-0.2, 0) is 4.74 Å². The summed E-state index contributed by atoms with van der Waals surface area (Å²) in [7, 11) is 0. The summed E-state index contributed by atoms with van der Waals surface area (Å²) < 4.78 is 6.08. The van der Waals surface area contributed by atoms with Crippen LogP contribution < -0.4 is 5.32 Å². The Bertz CT molecular complexity index is 364. The van der Waals surface area contributed by atoms with Crippen molar-refractivity contribution in [2.24, 2.45) is 17.3 Å². The molecule has 0 aromatic heterocycles. The maximum Gasteiger partial charge on any atom is 0.123 e. The summed E-state index contributed by atoms with van der Waals surface area (Å²) in [6.45, 7) is 5.76. The molecule has 5 aliphatic rings. The molecule has 0 radical (unpaired) electrons. The third kappa shape index (κ3) is 1.31. The number of aliphatic hydroxyl groups is 1. The maximum atomic E-state index is 10.7. The summed E-state index contributed by atoms with van der Waals surface area (Å²) in [4.78, 5) is 0. The number of epoxide rings is 1. The van der Waals surface area contributed by atoms with Gasteiger partial charge in [-0.3, -0.25) is 0 Å². The molecule has 0 aromatic rings. The molecule has 102 valence electrons. The molecule has 2 bridgehead atoms. The number of hydrogen-bond acceptors (Lipinski definition) is 3. The van der Waals surface area contributed by atoms with Crippen molar-refractivity contribution in [1.82, 2.24) is 5.32 Å². The maximum absolute atomic E-state index is 10.7. The Kier molecular flexibility index (Phi) is 2.27. The molecule has 2 N–H and O–H groups in total. The quantitative estimate of drug-likeness (QED) is 0.697. The van der Waals surface area contributed by atoms with Gasteiger partial charge in [0.2, 0.25) is 0 Å². The van der Waals surface area contributed by atoms with E-state index in [2.05, 4.69) is 19.2 Å². The molecule has 0 amide bonds. The third-order valence-corrected chi connectivity index (χ3v) is 6.48. The van der Waals surface area contributed by atoms with Crippen molar-refractivity contribution in [2.45, 2.75) is 69.8 Å². The summed E-state index contributed by atoms with van der Waals surface area (Å²) in [6, 6.07) is 0.494. The van der Waals surface area contributed by atoms with Crippen LogP contribution in [0.15, 0.2) is 0 Å². The van der Waals surface area contributed by atoms with Crippen molar-refractivity contribution in [2.75, 3.05) is 6.54 Å². The van der Waals surface area contributed by atoms with E-state index in [9.17, 15) is 5.11 Å². The van der Waals surface area contributed by atoms with E-state index in [-0.39, 0.29) is 17.8 Å². The number of aliphatic hydroxyl groups excluding tert-OH is 1. The minimum Gasteiger partial charge on any atom is -0.390 e. The minimum absolute atomic E-state index is 0.169. The van der Waals surface area contributed by atoms with Crippen LogP contribution in [0.25, 0.3) is 0 Å². The van der Waals surface area contributed by atoms with Gasteiger partial charge in [0.1, 0.15) is 11.7 Å². The second-order valence-corrected chi connectivity index (χ2v) is 7.56. The lowest BCUT2D eigenvalue weighted by Gasteiger charge is -2.60. The van der Waals surface area contributed by atoms with Gasteiger partial charge in [-0.05, 0) is 49.5 Å². The monoisotopic (exact) mass is 251 g/mol. The molecule has 2 heterocycles. The fourth-order valence-electron chi connectivity index (χ4n) is 4.95. The van der Waals surface area contributed by atoms with Gasteiger partial charge in [-0.15, -0.1) is 0 Å². The van der Waals surface area contributed by atoms with Crippen LogP contribution in [0.2, 0.25) is 0 Å². The zero-order valence-electron chi connectivity index (χ0n) is 11.5. The van der Waals surface area contributed by atoms with Gasteiger partial charge in [0, 0.05) is 6.04 Å². The van der Waals surface area contributed by atoms with Gasteiger partial charge < -0.3 is 15.2 Å². The highest BCUT2D eigenvalue weighted by atomic mass is 16.6. The van der Waals surface area contributed by atoms with Crippen molar-refractivity contribution in [3.63, 3.8) is 0 Å². The summed E-state index contributed by atoms with van der Waals surface area (Å²) in [6.07, 6.45) is 6.17. The Labute approximate surface area is 109 Å². The van der Waals surface area contributed by atoms with Crippen LogP contribution in [0, 0.1) is 17.3 Å². The molecule has 1 spiro atoms. The highest BCUT2D eigenvalue weighted by Crippen LogP contribution is 2.67. The molecule has 5 fully saturated rings. The van der Waals surface area contributed by atoms with Crippen LogP contribution in [0.1, 0.15) is 46.0 Å². The van der Waals surface area contributed by atoms with E-state index in [1.165, 1.54) is 25.7 Å². The van der Waals surface area contributed by atoms with Gasteiger partial charge in [-0.1, -0.05) is 20.3 Å². The number of rotatable bonds is 1. The normalized spacial score (nSPS) is 57.2. The lowest BCUT2D eigenvalue weighted by atomic mass is 9.45. The van der Waals surface area contributed by atoms with E-state index >= 15 is 0 Å². The largest absolute Gasteiger partial charge is 0.390 e. The summed E-state index contributed by atoms with van der Waals surface area (Å²) >= 11 is 0. The molecule has 3 aliphatic carbocycles. The number of ether oxygens (including phenoxy) is 1. The number of hydrogen-bond donors (Lipinski definition) is 2. The van der Waals surface area contributed by atoms with Gasteiger partial charge in [0.05, 0.1) is 6.10 Å². The molecular formula is C15H25NO2. The van der Waals surface area contributed by atoms with Crippen molar-refractivity contribution >= 4 is 0 Å². The fourth-order valence-corrected chi connectivity index (χ4v) is 4.95. The van der Waals surface area contributed by atoms with Crippen LogP contribution in [0.3, 0.4) is 0 Å². The van der Waals surface area contributed by atoms with Crippen LogP contribution in [0.5, 0.6) is 0 Å². The van der Waals surface area contributed by atoms with E-state index in [0.29, 0.717) is 17.4 Å². The molecule has 5 rings (SSSR count). The molecule has 0 unspecified atom stereocenters. The standard InChI is InChI=1S/C15H25NO2/c1-14(2)9-7-10(14)12(17)15(8-9)13(18-15)11-5-3-4-6-16-11/h9-13,16-17H,3-8H2,1-2H3/t9-,10+,11-,12+,13-,15-/m1/s1. The number of nitrogens with one attached hydrogen (secondary N) is 1. The lowest BCUT2D eigenvalue weighted by molar-refractivity contribution is -0.177. The molecule has 3 nitrogen and oxygen atoms in total. The van der Waals surface area contributed by atoms with E-state index in [1.807, 2.05) is 0 Å². The predicted octanol–water partition coefficient (Wildman–Crippen LogP) is 1.69. The first-order chi connectivity index (χ1) is 8.56. The van der Waals surface area contributed by atoms with Crippen LogP contribution >= 0.6 is 0 Å². The van der Waals surface area contributed by atoms with E-state index in [1.54, 1.807) is 0 Å². The average molecular weight is 251 g/mol. The molecule has 3 heteroatoms. The van der Waals surface area contributed by atoms with Gasteiger partial charge in [-0.25, -0.2) is 0 Å². The van der Waals surface area contributed by atoms with Crippen molar-refractivity contribution in [3.05, 3.63) is 0 Å². The first-order valence-corrected chi connectivity index (χ1v) is 7.65. The van der Waals surface area contributed by atoms with Gasteiger partial charge in [-0.2, -0.15) is 0 Å². The Morgan fingerprint density at radius 1 is 1.28 bits per heavy atom. The highest BCUT2D eigenvalue weighted by Gasteiger charge is 2.74. The van der Waals surface area contributed by atoms with E-state index in [4.69, 9.17) is 4.74 Å². The lowest BCUT2D eigenvalue weighted by Crippen LogP contribution is -2.63. The Morgan fingerprint density at radius 2 is 2.11 bits per heavy atom. The summed E-state index contributed by atoms with van der Waals surface area (Å²) in [5, 5.41) is 14.3. The molecular weight excluding hydrogens is 226 g/mol. The van der Waals surface area contributed by atoms with Gasteiger partial charge >= 0.3 is 0 Å². The Hall–Kier alpha value is -0.120. The summed E-state index contributed by atoms with van der Waals surface area (Å²) in [5.74, 6) is 1.23. The zero-order chi connectivity index (χ0) is 12.5. The van der Waals surface area contributed by atoms with Crippen LogP contribution in [-0.4, -0.2) is 35.5 Å². The van der Waals surface area contributed by atoms with Gasteiger partial charge in [0.15, 0.2) is 0 Å². The Balaban J connectivity index is 1.51. The number of piperidine rings is 1. The molecule has 0 aromatic carbocycles. The van der Waals surface area contributed by atoms with Crippen molar-refractivity contribution in [3.8, 4) is 0 Å². The second kappa shape index (κ2) is 3.50. The minimum atomic E-state index is -0.230.